The summed E-state index contributed by atoms with van der Waals surface area (Å²) in [7, 11) is 0. The molecule has 7 heteroatoms. The monoisotopic (exact) mass is 438 g/mol. The van der Waals surface area contributed by atoms with E-state index in [1.165, 1.54) is 4.90 Å². The maximum atomic E-state index is 13.3. The highest BCUT2D eigenvalue weighted by molar-refractivity contribution is 9.10. The van der Waals surface area contributed by atoms with Gasteiger partial charge in [0, 0.05) is 4.47 Å². The average Bonchev–Trinajstić information content (AvgIpc) is 3.42. The van der Waals surface area contributed by atoms with Gasteiger partial charge in [-0.25, -0.2) is 9.96 Å². The molecule has 2 amide bonds. The summed E-state index contributed by atoms with van der Waals surface area (Å²) in [5.74, 6) is -0.776. The van der Waals surface area contributed by atoms with Crippen LogP contribution in [0.15, 0.2) is 81.9 Å². The van der Waals surface area contributed by atoms with Crippen molar-refractivity contribution < 1.29 is 18.8 Å². The van der Waals surface area contributed by atoms with Crippen molar-refractivity contribution in [1.29, 1.82) is 0 Å². The quantitative estimate of drug-likeness (QED) is 0.576. The molecular weight excluding hydrogens is 424 g/mol. The fourth-order valence-corrected chi connectivity index (χ4v) is 4.07. The number of furan rings is 1. The molecule has 3 aromatic rings. The summed E-state index contributed by atoms with van der Waals surface area (Å²) in [6, 6.07) is 19.5. The van der Waals surface area contributed by atoms with E-state index >= 15 is 0 Å². The molecule has 0 saturated carbocycles. The molecule has 0 radical (unpaired) electrons. The number of halogens is 1. The molecule has 0 aliphatic carbocycles. The zero-order chi connectivity index (χ0) is 19.3. The van der Waals surface area contributed by atoms with Crippen LogP contribution in [0.1, 0.15) is 11.8 Å². The van der Waals surface area contributed by atoms with Gasteiger partial charge in [-0.15, -0.1) is 0 Å². The van der Waals surface area contributed by atoms with Gasteiger partial charge in [-0.2, -0.15) is 0 Å². The Balaban J connectivity index is 1.56. The SMILES string of the molecule is O=C1[C@H]2[C@@H](ON(c3ccccc3)[C@H]2c2ccco2)C(=O)N1c1ccc(Br)cc1. The van der Waals surface area contributed by atoms with Gasteiger partial charge in [-0.3, -0.25) is 14.4 Å². The summed E-state index contributed by atoms with van der Waals surface area (Å²) >= 11 is 3.37. The second-order valence-corrected chi connectivity index (χ2v) is 7.58. The average molecular weight is 439 g/mol. The molecule has 3 heterocycles. The van der Waals surface area contributed by atoms with E-state index in [-0.39, 0.29) is 11.8 Å². The maximum absolute atomic E-state index is 13.3. The molecule has 0 bridgehead atoms. The number of carbonyl (C=O) groups is 2. The Kier molecular flexibility index (Phi) is 4.07. The highest BCUT2D eigenvalue weighted by Crippen LogP contribution is 2.47. The minimum atomic E-state index is -0.897. The molecule has 2 aliphatic rings. The lowest BCUT2D eigenvalue weighted by molar-refractivity contribution is -0.126. The highest BCUT2D eigenvalue weighted by atomic mass is 79.9. The Labute approximate surface area is 169 Å². The molecule has 6 nitrogen and oxygen atoms in total. The lowest BCUT2D eigenvalue weighted by Crippen LogP contribution is -2.37. The van der Waals surface area contributed by atoms with Gasteiger partial charge in [0.25, 0.3) is 5.91 Å². The van der Waals surface area contributed by atoms with Gasteiger partial charge >= 0.3 is 0 Å². The van der Waals surface area contributed by atoms with Gasteiger partial charge in [-0.1, -0.05) is 34.1 Å². The largest absolute Gasteiger partial charge is 0.467 e. The number of nitrogens with zero attached hydrogens (tertiary/aromatic N) is 2. The van der Waals surface area contributed by atoms with Crippen LogP contribution in [-0.2, 0) is 14.4 Å². The Hall–Kier alpha value is -2.90. The number of anilines is 2. The third-order valence-electron chi connectivity index (χ3n) is 5.05. The number of imide groups is 1. The van der Waals surface area contributed by atoms with E-state index < -0.39 is 18.1 Å². The summed E-state index contributed by atoms with van der Waals surface area (Å²) in [6.45, 7) is 0. The predicted octanol–water partition coefficient (Wildman–Crippen LogP) is 4.09. The molecule has 0 spiro atoms. The summed E-state index contributed by atoms with van der Waals surface area (Å²) in [6.07, 6.45) is 0.658. The molecule has 2 fully saturated rings. The molecule has 28 heavy (non-hydrogen) atoms. The lowest BCUT2D eigenvalue weighted by atomic mass is 9.94. The van der Waals surface area contributed by atoms with Crippen molar-refractivity contribution in [2.24, 2.45) is 5.92 Å². The Morgan fingerprint density at radius 2 is 1.57 bits per heavy atom. The van der Waals surface area contributed by atoms with Crippen molar-refractivity contribution in [2.75, 3.05) is 9.96 Å². The van der Waals surface area contributed by atoms with Gasteiger partial charge in [-0.05, 0) is 48.5 Å². The van der Waals surface area contributed by atoms with Crippen LogP contribution in [0, 0.1) is 5.92 Å². The topological polar surface area (TPSA) is 63.0 Å². The van der Waals surface area contributed by atoms with E-state index in [0.29, 0.717) is 11.4 Å². The first-order valence-corrected chi connectivity index (χ1v) is 9.62. The van der Waals surface area contributed by atoms with E-state index in [9.17, 15) is 9.59 Å². The minimum absolute atomic E-state index is 0.294. The number of carbonyl (C=O) groups excluding carboxylic acids is 2. The molecule has 1 aromatic heterocycles. The van der Waals surface area contributed by atoms with Crippen molar-refractivity contribution in [3.05, 3.63) is 83.2 Å². The van der Waals surface area contributed by atoms with Crippen LogP contribution in [0.4, 0.5) is 11.4 Å². The standard InChI is InChI=1S/C21H15BrN2O4/c22-13-8-10-14(11-9-13)23-20(25)17-18(16-7-4-12-27-16)24(28-19(17)21(23)26)15-5-2-1-3-6-15/h1-12,17-19H/t17-,18+,19-/m1/s1. The minimum Gasteiger partial charge on any atom is -0.467 e. The molecule has 140 valence electrons. The number of para-hydroxylation sites is 1. The Bertz CT molecular complexity index is 1020. The maximum Gasteiger partial charge on any atom is 0.266 e. The van der Waals surface area contributed by atoms with Crippen LogP contribution < -0.4 is 9.96 Å². The lowest BCUT2D eigenvalue weighted by Gasteiger charge is -2.27. The van der Waals surface area contributed by atoms with Gasteiger partial charge in [0.2, 0.25) is 5.91 Å². The van der Waals surface area contributed by atoms with E-state index in [4.69, 9.17) is 9.25 Å². The Morgan fingerprint density at radius 3 is 2.25 bits per heavy atom. The Morgan fingerprint density at radius 1 is 0.821 bits per heavy atom. The van der Waals surface area contributed by atoms with Gasteiger partial charge in [0.1, 0.15) is 17.7 Å². The highest BCUT2D eigenvalue weighted by Gasteiger charge is 2.61. The number of fused-ring (bicyclic) bond motifs is 1. The van der Waals surface area contributed by atoms with Crippen molar-refractivity contribution in [3.8, 4) is 0 Å². The number of hydroxylamine groups is 1. The van der Waals surface area contributed by atoms with Crippen LogP contribution >= 0.6 is 15.9 Å². The zero-order valence-corrected chi connectivity index (χ0v) is 16.2. The predicted molar refractivity (Wildman–Crippen MR) is 105 cm³/mol. The van der Waals surface area contributed by atoms with Crippen molar-refractivity contribution in [3.63, 3.8) is 0 Å². The van der Waals surface area contributed by atoms with E-state index in [1.807, 2.05) is 30.3 Å². The van der Waals surface area contributed by atoms with E-state index in [2.05, 4.69) is 15.9 Å². The molecule has 5 rings (SSSR count). The first-order chi connectivity index (χ1) is 13.6. The molecule has 2 aromatic carbocycles. The number of benzene rings is 2. The normalized spacial score (nSPS) is 24.1. The van der Waals surface area contributed by atoms with E-state index in [1.54, 1.807) is 47.7 Å². The van der Waals surface area contributed by atoms with Crippen LogP contribution in [0.2, 0.25) is 0 Å². The number of rotatable bonds is 3. The number of amides is 2. The van der Waals surface area contributed by atoms with Gasteiger partial charge < -0.3 is 4.42 Å². The third-order valence-corrected chi connectivity index (χ3v) is 5.57. The van der Waals surface area contributed by atoms with Gasteiger partial charge in [0.05, 0.1) is 17.6 Å². The summed E-state index contributed by atoms with van der Waals surface area (Å²) in [5.41, 5.74) is 1.29. The first kappa shape index (κ1) is 17.2. The van der Waals surface area contributed by atoms with Crippen LogP contribution in [0.5, 0.6) is 0 Å². The van der Waals surface area contributed by atoms with Crippen LogP contribution in [0.25, 0.3) is 0 Å². The number of hydrogen-bond acceptors (Lipinski definition) is 5. The zero-order valence-electron chi connectivity index (χ0n) is 14.6. The third kappa shape index (κ3) is 2.58. The van der Waals surface area contributed by atoms with Crippen molar-refractivity contribution in [1.82, 2.24) is 0 Å². The molecular formula is C21H15BrN2O4. The molecule has 2 aliphatic heterocycles. The fourth-order valence-electron chi connectivity index (χ4n) is 3.81. The second-order valence-electron chi connectivity index (χ2n) is 6.66. The number of hydrogen-bond donors (Lipinski definition) is 0. The first-order valence-electron chi connectivity index (χ1n) is 8.83. The molecule has 3 atom stereocenters. The molecule has 0 unspecified atom stereocenters. The van der Waals surface area contributed by atoms with E-state index in [0.717, 1.165) is 10.2 Å². The van der Waals surface area contributed by atoms with Crippen LogP contribution in [0.3, 0.4) is 0 Å². The fraction of sp³-hybridized carbons (Fsp3) is 0.143. The second kappa shape index (κ2) is 6.61. The smallest absolute Gasteiger partial charge is 0.266 e. The summed E-state index contributed by atoms with van der Waals surface area (Å²) in [4.78, 5) is 33.6. The van der Waals surface area contributed by atoms with Gasteiger partial charge in [0.15, 0.2) is 6.10 Å². The van der Waals surface area contributed by atoms with Crippen LogP contribution in [-0.4, -0.2) is 17.9 Å². The molecule has 0 N–H and O–H groups in total. The van der Waals surface area contributed by atoms with Crippen molar-refractivity contribution in [2.45, 2.75) is 12.1 Å². The molecule has 2 saturated heterocycles. The summed E-state index contributed by atoms with van der Waals surface area (Å²) in [5, 5.41) is 1.61. The summed E-state index contributed by atoms with van der Waals surface area (Å²) < 4.78 is 6.48. The van der Waals surface area contributed by atoms with Crippen molar-refractivity contribution >= 4 is 39.1 Å².